The number of fused-ring (bicyclic) bond motifs is 1. The van der Waals surface area contributed by atoms with Crippen LogP contribution >= 0.6 is 0 Å². The van der Waals surface area contributed by atoms with Crippen molar-refractivity contribution in [3.8, 4) is 11.5 Å². The third kappa shape index (κ3) is 4.39. The first-order chi connectivity index (χ1) is 16.0. The van der Waals surface area contributed by atoms with Gasteiger partial charge in [-0.25, -0.2) is 4.39 Å². The number of benzene rings is 2. The van der Waals surface area contributed by atoms with Crippen LogP contribution in [0.15, 0.2) is 42.5 Å². The van der Waals surface area contributed by atoms with E-state index in [1.54, 1.807) is 29.2 Å². The lowest BCUT2D eigenvalue weighted by molar-refractivity contribution is -0.126. The van der Waals surface area contributed by atoms with Crippen LogP contribution in [0.25, 0.3) is 0 Å². The summed E-state index contributed by atoms with van der Waals surface area (Å²) in [5.74, 6) is 0.320. The predicted molar refractivity (Wildman–Crippen MR) is 119 cm³/mol. The van der Waals surface area contributed by atoms with E-state index in [4.69, 9.17) is 14.2 Å². The molecule has 2 aromatic rings. The van der Waals surface area contributed by atoms with Crippen molar-refractivity contribution in [3.05, 3.63) is 53.8 Å². The summed E-state index contributed by atoms with van der Waals surface area (Å²) in [6.07, 6.45) is 1.64. The Morgan fingerprint density at radius 3 is 2.52 bits per heavy atom. The van der Waals surface area contributed by atoms with Gasteiger partial charge in [-0.15, -0.1) is 0 Å². The van der Waals surface area contributed by atoms with Crippen molar-refractivity contribution in [2.45, 2.75) is 24.7 Å². The Bertz CT molecular complexity index is 1040. The topological polar surface area (TPSA) is 77.1 Å². The standard InChI is InChI=1S/C25H27FN2O5/c26-19-3-1-18(2-4-19)25(7-9-31-10-8-25)16-27-24(30)17-13-23(29)28(15-17)20-5-6-21-22(14-20)33-12-11-32-21/h1-6,14,17H,7-13,15-16H2,(H,27,30). The number of hydrogen-bond acceptors (Lipinski definition) is 5. The molecule has 0 radical (unpaired) electrons. The third-order valence-electron chi connectivity index (χ3n) is 6.84. The maximum Gasteiger partial charge on any atom is 0.227 e. The second-order valence-corrected chi connectivity index (χ2v) is 8.85. The Labute approximate surface area is 191 Å². The fourth-order valence-electron chi connectivity index (χ4n) is 4.87. The van der Waals surface area contributed by atoms with Gasteiger partial charge in [0.05, 0.1) is 5.92 Å². The summed E-state index contributed by atoms with van der Waals surface area (Å²) in [6.45, 7) is 2.89. The molecule has 1 N–H and O–H groups in total. The Kier molecular flexibility index (Phi) is 5.93. The van der Waals surface area contributed by atoms with Gasteiger partial charge in [0.1, 0.15) is 19.0 Å². The van der Waals surface area contributed by atoms with Crippen LogP contribution in [0, 0.1) is 11.7 Å². The normalized spacial score (nSPS) is 21.7. The number of halogens is 1. The highest BCUT2D eigenvalue weighted by atomic mass is 19.1. The number of hydrogen-bond donors (Lipinski definition) is 1. The highest BCUT2D eigenvalue weighted by Crippen LogP contribution is 2.37. The molecule has 2 saturated heterocycles. The summed E-state index contributed by atoms with van der Waals surface area (Å²) in [5.41, 5.74) is 1.39. The molecular formula is C25H27FN2O5. The summed E-state index contributed by atoms with van der Waals surface area (Å²) in [5, 5.41) is 3.08. The molecule has 3 aliphatic heterocycles. The van der Waals surface area contributed by atoms with E-state index >= 15 is 0 Å². The first kappa shape index (κ1) is 21.7. The van der Waals surface area contributed by atoms with Crippen LogP contribution in [-0.4, -0.2) is 51.3 Å². The Balaban J connectivity index is 1.26. The molecular weight excluding hydrogens is 427 g/mol. The monoisotopic (exact) mass is 454 g/mol. The van der Waals surface area contributed by atoms with Crippen LogP contribution in [-0.2, 0) is 19.7 Å². The molecule has 0 aliphatic carbocycles. The molecule has 33 heavy (non-hydrogen) atoms. The van der Waals surface area contributed by atoms with Crippen LogP contribution in [0.1, 0.15) is 24.8 Å². The number of nitrogens with zero attached hydrogens (tertiary/aromatic N) is 1. The van der Waals surface area contributed by atoms with Crippen LogP contribution in [0.4, 0.5) is 10.1 Å². The minimum atomic E-state index is -0.434. The van der Waals surface area contributed by atoms with E-state index in [1.165, 1.54) is 12.1 Å². The molecule has 0 bridgehead atoms. The summed E-state index contributed by atoms with van der Waals surface area (Å²) < 4.78 is 30.2. The summed E-state index contributed by atoms with van der Waals surface area (Å²) in [6, 6.07) is 11.9. The number of ether oxygens (including phenoxy) is 3. The van der Waals surface area contributed by atoms with Gasteiger partial charge in [0.2, 0.25) is 11.8 Å². The smallest absolute Gasteiger partial charge is 0.227 e. The average molecular weight is 454 g/mol. The van der Waals surface area contributed by atoms with Gasteiger partial charge in [0.25, 0.3) is 0 Å². The van der Waals surface area contributed by atoms with Crippen molar-refractivity contribution in [2.24, 2.45) is 5.92 Å². The first-order valence-electron chi connectivity index (χ1n) is 11.4. The van der Waals surface area contributed by atoms with Crippen molar-refractivity contribution in [1.29, 1.82) is 0 Å². The molecule has 2 aromatic carbocycles. The molecule has 0 spiro atoms. The van der Waals surface area contributed by atoms with E-state index in [9.17, 15) is 14.0 Å². The van der Waals surface area contributed by atoms with E-state index < -0.39 is 5.92 Å². The third-order valence-corrected chi connectivity index (χ3v) is 6.84. The van der Waals surface area contributed by atoms with Crippen LogP contribution in [0.3, 0.4) is 0 Å². The SMILES string of the molecule is O=C(NCC1(c2ccc(F)cc2)CCOCC1)C1CC(=O)N(c2ccc3c(c2)OCCO3)C1. The molecule has 0 aromatic heterocycles. The number of amides is 2. The van der Waals surface area contributed by atoms with E-state index in [0.29, 0.717) is 56.7 Å². The molecule has 3 heterocycles. The van der Waals surface area contributed by atoms with E-state index in [-0.39, 0.29) is 29.5 Å². The molecule has 2 fully saturated rings. The van der Waals surface area contributed by atoms with Crippen LogP contribution in [0.2, 0.25) is 0 Å². The molecule has 7 nitrogen and oxygen atoms in total. The number of rotatable bonds is 5. The minimum Gasteiger partial charge on any atom is -0.486 e. The lowest BCUT2D eigenvalue weighted by Crippen LogP contribution is -2.46. The van der Waals surface area contributed by atoms with Crippen LogP contribution < -0.4 is 19.7 Å². The largest absolute Gasteiger partial charge is 0.486 e. The molecule has 2 amide bonds. The second-order valence-electron chi connectivity index (χ2n) is 8.85. The van der Waals surface area contributed by atoms with Gasteiger partial charge in [0.15, 0.2) is 11.5 Å². The number of carbonyl (C=O) groups excluding carboxylic acids is 2. The molecule has 3 aliphatic rings. The summed E-state index contributed by atoms with van der Waals surface area (Å²) in [7, 11) is 0. The molecule has 174 valence electrons. The zero-order chi connectivity index (χ0) is 22.8. The lowest BCUT2D eigenvalue weighted by Gasteiger charge is -2.38. The van der Waals surface area contributed by atoms with Gasteiger partial charge in [-0.05, 0) is 42.7 Å². The van der Waals surface area contributed by atoms with Gasteiger partial charge in [0, 0.05) is 49.9 Å². The predicted octanol–water partition coefficient (Wildman–Crippen LogP) is 2.81. The number of carbonyl (C=O) groups is 2. The highest BCUT2D eigenvalue weighted by Gasteiger charge is 2.39. The molecule has 0 saturated carbocycles. The molecule has 1 atom stereocenters. The Hall–Kier alpha value is -3.13. The van der Waals surface area contributed by atoms with Crippen molar-refractivity contribution in [3.63, 3.8) is 0 Å². The quantitative estimate of drug-likeness (QED) is 0.752. The second kappa shape index (κ2) is 9.02. The van der Waals surface area contributed by atoms with E-state index in [0.717, 1.165) is 18.4 Å². The maximum absolute atomic E-state index is 13.5. The number of nitrogens with one attached hydrogen (secondary N) is 1. The van der Waals surface area contributed by atoms with Gasteiger partial charge in [-0.2, -0.15) is 0 Å². The first-order valence-corrected chi connectivity index (χ1v) is 11.4. The van der Waals surface area contributed by atoms with Crippen molar-refractivity contribution < 1.29 is 28.2 Å². The van der Waals surface area contributed by atoms with Crippen molar-refractivity contribution in [2.75, 3.05) is 44.4 Å². The highest BCUT2D eigenvalue weighted by molar-refractivity contribution is 6.00. The Morgan fingerprint density at radius 1 is 1.03 bits per heavy atom. The minimum absolute atomic E-state index is 0.0915. The molecule has 5 rings (SSSR count). The molecule has 1 unspecified atom stereocenters. The fourth-order valence-corrected chi connectivity index (χ4v) is 4.87. The zero-order valence-corrected chi connectivity index (χ0v) is 18.3. The Morgan fingerprint density at radius 2 is 1.76 bits per heavy atom. The summed E-state index contributed by atoms with van der Waals surface area (Å²) >= 11 is 0. The molecule has 8 heteroatoms. The van der Waals surface area contributed by atoms with Gasteiger partial charge < -0.3 is 24.4 Å². The lowest BCUT2D eigenvalue weighted by atomic mass is 9.74. The number of anilines is 1. The van der Waals surface area contributed by atoms with Gasteiger partial charge in [-0.3, -0.25) is 9.59 Å². The van der Waals surface area contributed by atoms with E-state index in [2.05, 4.69) is 5.32 Å². The average Bonchev–Trinajstić information content (AvgIpc) is 3.25. The zero-order valence-electron chi connectivity index (χ0n) is 18.3. The van der Waals surface area contributed by atoms with Gasteiger partial charge in [-0.1, -0.05) is 12.1 Å². The van der Waals surface area contributed by atoms with E-state index in [1.807, 2.05) is 6.07 Å². The maximum atomic E-state index is 13.5. The van der Waals surface area contributed by atoms with Crippen LogP contribution in [0.5, 0.6) is 11.5 Å². The fraction of sp³-hybridized carbons (Fsp3) is 0.440. The van der Waals surface area contributed by atoms with Crippen molar-refractivity contribution in [1.82, 2.24) is 5.32 Å². The van der Waals surface area contributed by atoms with Gasteiger partial charge >= 0.3 is 0 Å². The van der Waals surface area contributed by atoms with Crippen molar-refractivity contribution >= 4 is 17.5 Å². The summed E-state index contributed by atoms with van der Waals surface area (Å²) in [4.78, 5) is 27.4.